The number of benzene rings is 2. The molecule has 0 bridgehead atoms. The van der Waals surface area contributed by atoms with Gasteiger partial charge in [0.1, 0.15) is 5.15 Å². The number of nitrogens with one attached hydrogen (secondary N) is 2. The third-order valence-electron chi connectivity index (χ3n) is 5.32. The molecule has 0 aliphatic rings. The molecule has 3 rings (SSSR count). The van der Waals surface area contributed by atoms with E-state index >= 15 is 0 Å². The van der Waals surface area contributed by atoms with Gasteiger partial charge in [0, 0.05) is 28.7 Å². The van der Waals surface area contributed by atoms with Gasteiger partial charge in [-0.15, -0.1) is 0 Å². The zero-order valence-electron chi connectivity index (χ0n) is 19.0. The SMILES string of the molecule is Cc1cc(C(F)(C(F)(F)F)C(F)(F)F)cc(C)c1NC(=O)c1cccc(NC(=O)c2ccc(Cl)nc2)c1. The van der Waals surface area contributed by atoms with Crippen LogP contribution in [-0.2, 0) is 5.67 Å². The molecule has 0 aliphatic heterocycles. The molecule has 2 amide bonds. The standard InChI is InChI=1S/C24H17ClF7N3O2/c1-12-8-16(22(26,23(27,28)29)24(30,31)32)9-13(2)19(12)35-20(36)14-4-3-5-17(10-14)34-21(37)15-6-7-18(25)33-11-15/h3-11H,1-2H3,(H,34,37)(H,35,36). The molecule has 0 fully saturated rings. The lowest BCUT2D eigenvalue weighted by Gasteiger charge is -2.31. The summed E-state index contributed by atoms with van der Waals surface area (Å²) < 4.78 is 93.3. The van der Waals surface area contributed by atoms with Crippen molar-refractivity contribution in [3.8, 4) is 0 Å². The second-order valence-corrected chi connectivity index (χ2v) is 8.38. The Kier molecular flexibility index (Phi) is 7.54. The van der Waals surface area contributed by atoms with E-state index in [-0.39, 0.29) is 38.8 Å². The van der Waals surface area contributed by atoms with Crippen LogP contribution in [0.4, 0.5) is 42.1 Å². The minimum atomic E-state index is -6.26. The van der Waals surface area contributed by atoms with Crippen LogP contribution in [0, 0.1) is 13.8 Å². The van der Waals surface area contributed by atoms with Crippen molar-refractivity contribution in [1.82, 2.24) is 4.98 Å². The number of aromatic nitrogens is 1. The van der Waals surface area contributed by atoms with Crippen LogP contribution in [0.5, 0.6) is 0 Å². The van der Waals surface area contributed by atoms with Crippen molar-refractivity contribution < 1.29 is 40.3 Å². The molecule has 13 heteroatoms. The molecule has 1 aromatic heterocycles. The predicted octanol–water partition coefficient (Wildman–Crippen LogP) is 7.15. The Hall–Kier alpha value is -3.67. The van der Waals surface area contributed by atoms with Gasteiger partial charge < -0.3 is 10.6 Å². The number of nitrogens with zero attached hydrogens (tertiary/aromatic N) is 1. The number of halogens is 8. The summed E-state index contributed by atoms with van der Waals surface area (Å²) in [5, 5.41) is 5.15. The molecule has 0 saturated heterocycles. The van der Waals surface area contributed by atoms with Gasteiger partial charge in [0.15, 0.2) is 0 Å². The van der Waals surface area contributed by atoms with Gasteiger partial charge in [0.05, 0.1) is 5.56 Å². The van der Waals surface area contributed by atoms with Gasteiger partial charge in [-0.3, -0.25) is 9.59 Å². The summed E-state index contributed by atoms with van der Waals surface area (Å²) in [4.78, 5) is 28.9. The Balaban J connectivity index is 1.86. The van der Waals surface area contributed by atoms with Crippen molar-refractivity contribution in [2.24, 2.45) is 0 Å². The van der Waals surface area contributed by atoms with Crippen LogP contribution in [-0.4, -0.2) is 29.2 Å². The normalized spacial score (nSPS) is 12.3. The summed E-state index contributed by atoms with van der Waals surface area (Å²) >= 11 is 5.69. The van der Waals surface area contributed by atoms with Crippen LogP contribution < -0.4 is 10.6 Å². The molecule has 0 unspecified atom stereocenters. The Morgan fingerprint density at radius 3 is 1.86 bits per heavy atom. The Morgan fingerprint density at radius 1 is 0.784 bits per heavy atom. The molecule has 2 N–H and O–H groups in total. The number of hydrogen-bond donors (Lipinski definition) is 2. The predicted molar refractivity (Wildman–Crippen MR) is 122 cm³/mol. The van der Waals surface area contributed by atoms with E-state index in [1.54, 1.807) is 0 Å². The molecule has 0 spiro atoms. The number of amides is 2. The van der Waals surface area contributed by atoms with E-state index in [1.807, 2.05) is 0 Å². The number of anilines is 2. The first-order valence-electron chi connectivity index (χ1n) is 10.3. The first kappa shape index (κ1) is 27.9. The quantitative estimate of drug-likeness (QED) is 0.263. The van der Waals surface area contributed by atoms with Gasteiger partial charge in [-0.2, -0.15) is 26.3 Å². The minimum absolute atomic E-state index is 0.0142. The Labute approximate surface area is 210 Å². The number of pyridine rings is 1. The summed E-state index contributed by atoms with van der Waals surface area (Å²) in [5.74, 6) is -1.32. The average molecular weight is 548 g/mol. The molecule has 2 aromatic carbocycles. The summed E-state index contributed by atoms with van der Waals surface area (Å²) in [6.07, 6.45) is -11.3. The van der Waals surface area contributed by atoms with E-state index in [4.69, 9.17) is 11.6 Å². The van der Waals surface area contributed by atoms with E-state index in [0.717, 1.165) is 13.8 Å². The zero-order valence-corrected chi connectivity index (χ0v) is 19.7. The molecule has 196 valence electrons. The number of alkyl halides is 7. The number of aryl methyl sites for hydroxylation is 2. The lowest BCUT2D eigenvalue weighted by Crippen LogP contribution is -2.50. The van der Waals surface area contributed by atoms with Crippen LogP contribution in [0.15, 0.2) is 54.7 Å². The van der Waals surface area contributed by atoms with Gasteiger partial charge in [0.2, 0.25) is 0 Å². The second-order valence-electron chi connectivity index (χ2n) is 8.00. The Bertz CT molecular complexity index is 1300. The summed E-state index contributed by atoms with van der Waals surface area (Å²) in [5.41, 5.74) is -7.37. The van der Waals surface area contributed by atoms with Gasteiger partial charge >= 0.3 is 18.0 Å². The smallest absolute Gasteiger partial charge is 0.322 e. The van der Waals surface area contributed by atoms with Crippen LogP contribution in [0.2, 0.25) is 5.15 Å². The minimum Gasteiger partial charge on any atom is -0.322 e. The molecule has 0 saturated carbocycles. The summed E-state index contributed by atoms with van der Waals surface area (Å²) in [7, 11) is 0. The van der Waals surface area contributed by atoms with E-state index in [9.17, 15) is 40.3 Å². The topological polar surface area (TPSA) is 71.1 Å². The fourth-order valence-corrected chi connectivity index (χ4v) is 3.60. The number of hydrogen-bond acceptors (Lipinski definition) is 3. The van der Waals surface area contributed by atoms with Crippen LogP contribution in [0.3, 0.4) is 0 Å². The number of carbonyl (C=O) groups excluding carboxylic acids is 2. The molecule has 0 radical (unpaired) electrons. The fourth-order valence-electron chi connectivity index (χ4n) is 3.48. The summed E-state index contributed by atoms with van der Waals surface area (Å²) in [6, 6.07) is 9.22. The van der Waals surface area contributed by atoms with Crippen molar-refractivity contribution in [1.29, 1.82) is 0 Å². The Morgan fingerprint density at radius 2 is 1.35 bits per heavy atom. The molecular weight excluding hydrogens is 531 g/mol. The second kappa shape index (κ2) is 10.0. The van der Waals surface area contributed by atoms with Gasteiger partial charge in [-0.25, -0.2) is 9.37 Å². The maximum atomic E-state index is 14.5. The zero-order chi connectivity index (χ0) is 27.8. The molecule has 5 nitrogen and oxygen atoms in total. The van der Waals surface area contributed by atoms with Crippen molar-refractivity contribution in [2.75, 3.05) is 10.6 Å². The third kappa shape index (κ3) is 5.68. The van der Waals surface area contributed by atoms with Crippen molar-refractivity contribution in [3.05, 3.63) is 87.7 Å². The van der Waals surface area contributed by atoms with E-state index in [0.29, 0.717) is 12.1 Å². The van der Waals surface area contributed by atoms with E-state index in [1.165, 1.54) is 42.6 Å². The highest BCUT2D eigenvalue weighted by molar-refractivity contribution is 6.29. The maximum absolute atomic E-state index is 14.5. The highest BCUT2D eigenvalue weighted by Gasteiger charge is 2.73. The fraction of sp³-hybridized carbons (Fsp3) is 0.208. The largest absolute Gasteiger partial charge is 0.435 e. The first-order valence-corrected chi connectivity index (χ1v) is 10.7. The molecule has 3 aromatic rings. The van der Waals surface area contributed by atoms with E-state index in [2.05, 4.69) is 15.6 Å². The van der Waals surface area contributed by atoms with Crippen LogP contribution in [0.25, 0.3) is 0 Å². The molecule has 37 heavy (non-hydrogen) atoms. The van der Waals surface area contributed by atoms with Crippen molar-refractivity contribution >= 4 is 34.8 Å². The highest BCUT2D eigenvalue weighted by atomic mass is 35.5. The van der Waals surface area contributed by atoms with Crippen LogP contribution >= 0.6 is 11.6 Å². The maximum Gasteiger partial charge on any atom is 0.435 e. The van der Waals surface area contributed by atoms with Crippen molar-refractivity contribution in [2.45, 2.75) is 31.9 Å². The van der Waals surface area contributed by atoms with Gasteiger partial charge in [0.25, 0.3) is 11.8 Å². The molecule has 0 atom stereocenters. The van der Waals surface area contributed by atoms with E-state index < -0.39 is 35.4 Å². The van der Waals surface area contributed by atoms with Gasteiger partial charge in [-0.1, -0.05) is 29.8 Å². The number of carbonyl (C=O) groups is 2. The number of rotatable bonds is 5. The molecular formula is C24H17ClF7N3O2. The monoisotopic (exact) mass is 547 g/mol. The highest BCUT2D eigenvalue weighted by Crippen LogP contribution is 2.53. The van der Waals surface area contributed by atoms with Crippen LogP contribution in [0.1, 0.15) is 37.4 Å². The molecule has 1 heterocycles. The summed E-state index contributed by atoms with van der Waals surface area (Å²) in [6.45, 7) is 2.27. The van der Waals surface area contributed by atoms with Crippen molar-refractivity contribution in [3.63, 3.8) is 0 Å². The first-order chi connectivity index (χ1) is 17.0. The average Bonchev–Trinajstić information content (AvgIpc) is 2.79. The van der Waals surface area contributed by atoms with Gasteiger partial charge in [-0.05, 0) is 55.3 Å². The molecule has 0 aliphatic carbocycles. The third-order valence-corrected chi connectivity index (χ3v) is 5.55. The lowest BCUT2D eigenvalue weighted by molar-refractivity contribution is -0.348. The lowest BCUT2D eigenvalue weighted by atomic mass is 9.90.